The molecule has 5 heteroatoms. The van der Waals surface area contributed by atoms with E-state index in [1.54, 1.807) is 6.07 Å². The molecule has 1 saturated heterocycles. The normalized spacial score (nSPS) is 16.7. The lowest BCUT2D eigenvalue weighted by molar-refractivity contribution is -0.126. The molecule has 2 rings (SSSR count). The van der Waals surface area contributed by atoms with Gasteiger partial charge in [0, 0.05) is 24.6 Å². The lowest BCUT2D eigenvalue weighted by Gasteiger charge is -2.31. The molecule has 1 fully saturated rings. The molecule has 1 heterocycles. The van der Waals surface area contributed by atoms with E-state index >= 15 is 0 Å². The Kier molecular flexibility index (Phi) is 6.86. The molecule has 23 heavy (non-hydrogen) atoms. The van der Waals surface area contributed by atoms with Gasteiger partial charge in [-0.2, -0.15) is 0 Å². The van der Waals surface area contributed by atoms with Gasteiger partial charge in [0.1, 0.15) is 5.75 Å². The number of likely N-dealkylation sites (tertiary alicyclic amines) is 1. The molecule has 1 aliphatic heterocycles. The Morgan fingerprint density at radius 2 is 2.00 bits per heavy atom. The van der Waals surface area contributed by atoms with Crippen LogP contribution in [0.25, 0.3) is 0 Å². The van der Waals surface area contributed by atoms with Crippen molar-refractivity contribution >= 4 is 5.91 Å². The second-order valence-corrected chi connectivity index (χ2v) is 6.63. The van der Waals surface area contributed by atoms with Gasteiger partial charge in [0.2, 0.25) is 5.91 Å². The molecule has 0 aliphatic carbocycles. The van der Waals surface area contributed by atoms with Gasteiger partial charge in [0.25, 0.3) is 0 Å². The molecule has 0 bridgehead atoms. The van der Waals surface area contributed by atoms with Crippen molar-refractivity contribution in [2.45, 2.75) is 25.8 Å². The summed E-state index contributed by atoms with van der Waals surface area (Å²) >= 11 is 0. The van der Waals surface area contributed by atoms with Crippen LogP contribution in [0.15, 0.2) is 24.3 Å². The van der Waals surface area contributed by atoms with Gasteiger partial charge in [-0.05, 0) is 59.1 Å². The number of hydrogen-bond acceptors (Lipinski definition) is 4. The van der Waals surface area contributed by atoms with Crippen molar-refractivity contribution in [2.24, 2.45) is 5.92 Å². The van der Waals surface area contributed by atoms with Crippen molar-refractivity contribution in [3.63, 3.8) is 0 Å². The van der Waals surface area contributed by atoms with E-state index < -0.39 is 0 Å². The summed E-state index contributed by atoms with van der Waals surface area (Å²) in [6, 6.07) is 7.47. The van der Waals surface area contributed by atoms with Gasteiger partial charge in [-0.1, -0.05) is 18.2 Å². The lowest BCUT2D eigenvalue weighted by atomic mass is 9.95. The number of nitrogens with one attached hydrogen (secondary N) is 1. The number of phenolic OH excluding ortho intramolecular Hbond substituents is 1. The Bertz CT molecular complexity index is 497. The molecule has 128 valence electrons. The van der Waals surface area contributed by atoms with Crippen molar-refractivity contribution in [3.8, 4) is 5.75 Å². The maximum atomic E-state index is 12.2. The number of nitrogens with zero attached hydrogens (tertiary/aromatic N) is 2. The van der Waals surface area contributed by atoms with Crippen LogP contribution in [0, 0.1) is 5.92 Å². The fourth-order valence-electron chi connectivity index (χ4n) is 2.99. The molecule has 1 aromatic carbocycles. The van der Waals surface area contributed by atoms with Crippen molar-refractivity contribution in [2.75, 3.05) is 40.3 Å². The molecule has 1 aromatic rings. The number of amides is 1. The highest BCUT2D eigenvalue weighted by atomic mass is 16.3. The molecule has 1 aliphatic rings. The third-order valence-corrected chi connectivity index (χ3v) is 4.43. The predicted octanol–water partition coefficient (Wildman–Crippen LogP) is 1.67. The fourth-order valence-corrected chi connectivity index (χ4v) is 2.99. The van der Waals surface area contributed by atoms with Crippen molar-refractivity contribution in [1.29, 1.82) is 0 Å². The minimum Gasteiger partial charge on any atom is -0.508 e. The molecule has 0 spiro atoms. The monoisotopic (exact) mass is 319 g/mol. The summed E-state index contributed by atoms with van der Waals surface area (Å²) in [5.74, 6) is 0.689. The molecule has 5 nitrogen and oxygen atoms in total. The van der Waals surface area contributed by atoms with Gasteiger partial charge in [-0.15, -0.1) is 0 Å². The fraction of sp³-hybridized carbons (Fsp3) is 0.611. The highest BCUT2D eigenvalue weighted by Gasteiger charge is 2.24. The maximum Gasteiger partial charge on any atom is 0.223 e. The predicted molar refractivity (Wildman–Crippen MR) is 92.3 cm³/mol. The largest absolute Gasteiger partial charge is 0.508 e. The van der Waals surface area contributed by atoms with Gasteiger partial charge in [0.05, 0.1) is 0 Å². The smallest absolute Gasteiger partial charge is 0.223 e. The number of para-hydroxylation sites is 1. The summed E-state index contributed by atoms with van der Waals surface area (Å²) < 4.78 is 0. The van der Waals surface area contributed by atoms with Crippen LogP contribution in [0.4, 0.5) is 0 Å². The number of aromatic hydroxyl groups is 1. The number of rotatable bonds is 7. The topological polar surface area (TPSA) is 55.8 Å². The number of piperidine rings is 1. The third-order valence-electron chi connectivity index (χ3n) is 4.43. The van der Waals surface area contributed by atoms with Crippen LogP contribution in [-0.2, 0) is 11.3 Å². The molecule has 0 saturated carbocycles. The summed E-state index contributed by atoms with van der Waals surface area (Å²) in [5, 5.41) is 12.9. The van der Waals surface area contributed by atoms with Crippen LogP contribution in [0.1, 0.15) is 24.8 Å². The Balaban J connectivity index is 1.69. The summed E-state index contributed by atoms with van der Waals surface area (Å²) in [4.78, 5) is 16.6. The average molecular weight is 319 g/mol. The highest BCUT2D eigenvalue weighted by molar-refractivity contribution is 5.78. The molecule has 0 unspecified atom stereocenters. The van der Waals surface area contributed by atoms with E-state index in [-0.39, 0.29) is 11.8 Å². The number of phenols is 1. The van der Waals surface area contributed by atoms with Gasteiger partial charge in [0.15, 0.2) is 0 Å². The van der Waals surface area contributed by atoms with Crippen LogP contribution in [0.3, 0.4) is 0 Å². The SMILES string of the molecule is CN(C)CCCNC(=O)C1CCN(Cc2ccccc2O)CC1. The van der Waals surface area contributed by atoms with Crippen molar-refractivity contribution in [1.82, 2.24) is 15.1 Å². The zero-order chi connectivity index (χ0) is 16.7. The van der Waals surface area contributed by atoms with Crippen LogP contribution < -0.4 is 5.32 Å². The number of carbonyl (C=O) groups excluding carboxylic acids is 1. The number of carbonyl (C=O) groups is 1. The standard InChI is InChI=1S/C18H29N3O2/c1-20(2)11-5-10-19-18(23)15-8-12-21(13-9-15)14-16-6-3-4-7-17(16)22/h3-4,6-7,15,22H,5,8-14H2,1-2H3,(H,19,23). The van der Waals surface area contributed by atoms with Crippen LogP contribution in [0.2, 0.25) is 0 Å². The van der Waals surface area contributed by atoms with Gasteiger partial charge >= 0.3 is 0 Å². The summed E-state index contributed by atoms with van der Waals surface area (Å²) in [7, 11) is 4.09. The lowest BCUT2D eigenvalue weighted by Crippen LogP contribution is -2.40. The Labute approximate surface area is 139 Å². The van der Waals surface area contributed by atoms with Crippen LogP contribution >= 0.6 is 0 Å². The first kappa shape index (κ1) is 17.8. The van der Waals surface area contributed by atoms with E-state index in [0.717, 1.165) is 57.5 Å². The Morgan fingerprint density at radius 3 is 2.65 bits per heavy atom. The Hall–Kier alpha value is -1.59. The molecular formula is C18H29N3O2. The number of hydrogen-bond donors (Lipinski definition) is 2. The maximum absolute atomic E-state index is 12.2. The first-order valence-electron chi connectivity index (χ1n) is 8.48. The summed E-state index contributed by atoms with van der Waals surface area (Å²) in [6.45, 7) is 4.33. The molecule has 2 N–H and O–H groups in total. The second kappa shape index (κ2) is 8.89. The van der Waals surface area contributed by atoms with E-state index in [4.69, 9.17) is 0 Å². The van der Waals surface area contributed by atoms with Crippen molar-refractivity contribution in [3.05, 3.63) is 29.8 Å². The van der Waals surface area contributed by atoms with Gasteiger partial charge < -0.3 is 15.3 Å². The minimum atomic E-state index is 0.134. The number of benzene rings is 1. The summed E-state index contributed by atoms with van der Waals surface area (Å²) in [5.41, 5.74) is 0.957. The second-order valence-electron chi connectivity index (χ2n) is 6.63. The van der Waals surface area contributed by atoms with Crippen LogP contribution in [0.5, 0.6) is 5.75 Å². The van der Waals surface area contributed by atoms with Crippen LogP contribution in [-0.4, -0.2) is 61.1 Å². The molecule has 0 radical (unpaired) electrons. The third kappa shape index (κ3) is 5.84. The molecule has 0 atom stereocenters. The zero-order valence-corrected chi connectivity index (χ0v) is 14.3. The van der Waals surface area contributed by atoms with Gasteiger partial charge in [-0.25, -0.2) is 0 Å². The average Bonchev–Trinajstić information content (AvgIpc) is 2.54. The first-order valence-corrected chi connectivity index (χ1v) is 8.48. The highest BCUT2D eigenvalue weighted by Crippen LogP contribution is 2.22. The Morgan fingerprint density at radius 1 is 1.30 bits per heavy atom. The molecular weight excluding hydrogens is 290 g/mol. The molecule has 1 amide bonds. The minimum absolute atomic E-state index is 0.134. The van der Waals surface area contributed by atoms with E-state index in [9.17, 15) is 9.90 Å². The summed E-state index contributed by atoms with van der Waals surface area (Å²) in [6.07, 6.45) is 2.78. The quantitative estimate of drug-likeness (QED) is 0.751. The molecule has 0 aromatic heterocycles. The van der Waals surface area contributed by atoms with E-state index in [1.807, 2.05) is 32.3 Å². The van der Waals surface area contributed by atoms with E-state index in [0.29, 0.717) is 5.75 Å². The van der Waals surface area contributed by atoms with E-state index in [1.165, 1.54) is 0 Å². The zero-order valence-electron chi connectivity index (χ0n) is 14.3. The van der Waals surface area contributed by atoms with Gasteiger partial charge in [-0.3, -0.25) is 9.69 Å². The van der Waals surface area contributed by atoms with Crippen molar-refractivity contribution < 1.29 is 9.90 Å². The first-order chi connectivity index (χ1) is 11.1. The van der Waals surface area contributed by atoms with E-state index in [2.05, 4.69) is 15.1 Å².